The fraction of sp³-hybridized carbons (Fsp3) is 0.357. The summed E-state index contributed by atoms with van der Waals surface area (Å²) in [5.74, 6) is -0.451. The number of nitrogens with one attached hydrogen (secondary N) is 1. The van der Waals surface area contributed by atoms with E-state index in [2.05, 4.69) is 28.1 Å². The van der Waals surface area contributed by atoms with Crippen LogP contribution in [0, 0.1) is 0 Å². The normalized spacial score (nSPS) is 16.5. The second-order valence-electron chi connectivity index (χ2n) is 5.03. The van der Waals surface area contributed by atoms with Crippen molar-refractivity contribution < 1.29 is 4.79 Å². The van der Waals surface area contributed by atoms with Gasteiger partial charge >= 0.3 is 0 Å². The molecule has 2 aromatic rings. The Balaban J connectivity index is 1.69. The first-order chi connectivity index (χ1) is 9.95. The zero-order valence-corrected chi connectivity index (χ0v) is 13.4. The highest BCUT2D eigenvalue weighted by molar-refractivity contribution is 6.76. The third-order valence-electron chi connectivity index (χ3n) is 3.71. The molecule has 7 heteroatoms. The zero-order valence-electron chi connectivity index (χ0n) is 11.2. The lowest BCUT2D eigenvalue weighted by molar-refractivity contribution is -0.130. The van der Waals surface area contributed by atoms with Gasteiger partial charge in [0.25, 0.3) is 9.70 Å². The van der Waals surface area contributed by atoms with Crippen molar-refractivity contribution in [3.8, 4) is 0 Å². The van der Waals surface area contributed by atoms with Crippen LogP contribution in [0.25, 0.3) is 10.9 Å². The summed E-state index contributed by atoms with van der Waals surface area (Å²) in [7, 11) is 0. The van der Waals surface area contributed by atoms with E-state index in [1.807, 2.05) is 12.3 Å². The van der Waals surface area contributed by atoms with Gasteiger partial charge in [-0.05, 0) is 24.3 Å². The highest BCUT2D eigenvalue weighted by atomic mass is 35.6. The van der Waals surface area contributed by atoms with Crippen LogP contribution < -0.4 is 4.90 Å². The second-order valence-corrected chi connectivity index (χ2v) is 7.31. The Morgan fingerprint density at radius 2 is 1.81 bits per heavy atom. The fourth-order valence-corrected chi connectivity index (χ4v) is 2.94. The molecule has 1 aliphatic rings. The van der Waals surface area contributed by atoms with Gasteiger partial charge in [-0.15, -0.1) is 0 Å². The van der Waals surface area contributed by atoms with Crippen molar-refractivity contribution in [3.63, 3.8) is 0 Å². The summed E-state index contributed by atoms with van der Waals surface area (Å²) in [4.78, 5) is 18.9. The van der Waals surface area contributed by atoms with Gasteiger partial charge < -0.3 is 14.8 Å². The lowest BCUT2D eigenvalue weighted by atomic mass is 10.2. The maximum atomic E-state index is 11.9. The molecule has 0 radical (unpaired) electrons. The number of carbonyl (C=O) groups excluding carboxylic acids is 1. The number of piperazine rings is 1. The Morgan fingerprint density at radius 1 is 1.10 bits per heavy atom. The average Bonchev–Trinajstić information content (AvgIpc) is 2.93. The molecule has 1 fully saturated rings. The number of halogens is 3. The van der Waals surface area contributed by atoms with Gasteiger partial charge in [0.1, 0.15) is 0 Å². The maximum Gasteiger partial charge on any atom is 0.274 e. The van der Waals surface area contributed by atoms with Gasteiger partial charge in [-0.3, -0.25) is 4.79 Å². The van der Waals surface area contributed by atoms with Crippen molar-refractivity contribution in [2.24, 2.45) is 0 Å². The quantitative estimate of drug-likeness (QED) is 0.806. The summed E-state index contributed by atoms with van der Waals surface area (Å²) in [6.07, 6.45) is 1.92. The van der Waals surface area contributed by atoms with Gasteiger partial charge in [-0.2, -0.15) is 0 Å². The van der Waals surface area contributed by atoms with Crippen LogP contribution in [0.15, 0.2) is 30.5 Å². The molecule has 1 saturated heterocycles. The Labute approximate surface area is 137 Å². The van der Waals surface area contributed by atoms with E-state index >= 15 is 0 Å². The molecule has 21 heavy (non-hydrogen) atoms. The molecule has 0 spiro atoms. The van der Waals surface area contributed by atoms with Crippen molar-refractivity contribution in [2.75, 3.05) is 31.1 Å². The van der Waals surface area contributed by atoms with E-state index in [0.29, 0.717) is 13.1 Å². The number of hydrogen-bond donors (Lipinski definition) is 1. The number of H-pyrrole nitrogens is 1. The number of alkyl halides is 3. The topological polar surface area (TPSA) is 39.3 Å². The van der Waals surface area contributed by atoms with Crippen LogP contribution in [0.3, 0.4) is 0 Å². The highest BCUT2D eigenvalue weighted by Crippen LogP contribution is 2.29. The largest absolute Gasteiger partial charge is 0.368 e. The number of rotatable bonds is 1. The number of anilines is 1. The Morgan fingerprint density at radius 3 is 2.48 bits per heavy atom. The SMILES string of the molecule is O=C(N1CCN(c2ccc3[nH]ccc3c2)CC1)C(Cl)(Cl)Cl. The molecule has 2 heterocycles. The monoisotopic (exact) mass is 345 g/mol. The molecule has 0 unspecified atom stereocenters. The predicted octanol–water partition coefficient (Wildman–Crippen LogP) is 3.19. The zero-order chi connectivity index (χ0) is 15.0. The van der Waals surface area contributed by atoms with Gasteiger partial charge in [0.05, 0.1) is 0 Å². The molecular weight excluding hydrogens is 333 g/mol. The third kappa shape index (κ3) is 3.07. The first-order valence-corrected chi connectivity index (χ1v) is 7.77. The van der Waals surface area contributed by atoms with E-state index in [1.54, 1.807) is 4.90 Å². The number of aromatic amines is 1. The molecule has 1 N–H and O–H groups in total. The minimum Gasteiger partial charge on any atom is -0.368 e. The van der Waals surface area contributed by atoms with Gasteiger partial charge in [0.2, 0.25) is 0 Å². The van der Waals surface area contributed by atoms with Crippen molar-refractivity contribution in [1.29, 1.82) is 0 Å². The van der Waals surface area contributed by atoms with Crippen molar-refractivity contribution >= 4 is 57.3 Å². The van der Waals surface area contributed by atoms with Gasteiger partial charge in [0.15, 0.2) is 0 Å². The minimum atomic E-state index is -1.87. The Kier molecular flexibility index (Phi) is 3.95. The Bertz CT molecular complexity index is 657. The van der Waals surface area contributed by atoms with E-state index in [1.165, 1.54) is 5.39 Å². The summed E-state index contributed by atoms with van der Waals surface area (Å²) in [6, 6.07) is 8.31. The standard InChI is InChI=1S/C14H14Cl3N3O/c15-14(16,17)13(21)20-7-5-19(6-8-20)11-1-2-12-10(9-11)3-4-18-12/h1-4,9,18H,5-8H2. The van der Waals surface area contributed by atoms with E-state index in [9.17, 15) is 4.79 Å². The van der Waals surface area contributed by atoms with Crippen molar-refractivity contribution in [2.45, 2.75) is 3.79 Å². The molecule has 1 amide bonds. The molecule has 3 rings (SSSR count). The Hall–Kier alpha value is -1.10. The van der Waals surface area contributed by atoms with Crippen LogP contribution >= 0.6 is 34.8 Å². The molecule has 0 aliphatic carbocycles. The molecule has 0 atom stereocenters. The summed E-state index contributed by atoms with van der Waals surface area (Å²) < 4.78 is -1.87. The van der Waals surface area contributed by atoms with Gasteiger partial charge in [0, 0.05) is 49.0 Å². The minimum absolute atomic E-state index is 0.451. The summed E-state index contributed by atoms with van der Waals surface area (Å²) in [5, 5.41) is 1.17. The molecule has 0 saturated carbocycles. The number of benzene rings is 1. The molecular formula is C14H14Cl3N3O. The van der Waals surface area contributed by atoms with Crippen molar-refractivity contribution in [1.82, 2.24) is 9.88 Å². The van der Waals surface area contributed by atoms with Crippen LogP contribution in [0.4, 0.5) is 5.69 Å². The van der Waals surface area contributed by atoms with Crippen LogP contribution in [-0.2, 0) is 4.79 Å². The second kappa shape index (κ2) is 5.59. The van der Waals surface area contributed by atoms with E-state index in [-0.39, 0.29) is 0 Å². The molecule has 1 aromatic heterocycles. The first kappa shape index (κ1) is 14.8. The number of aromatic nitrogens is 1. The summed E-state index contributed by atoms with van der Waals surface area (Å²) >= 11 is 16.9. The van der Waals surface area contributed by atoms with E-state index in [4.69, 9.17) is 34.8 Å². The van der Waals surface area contributed by atoms with Crippen LogP contribution in [-0.4, -0.2) is 45.8 Å². The average molecular weight is 347 g/mol. The number of nitrogens with zero attached hydrogens (tertiary/aromatic N) is 2. The molecule has 1 aliphatic heterocycles. The van der Waals surface area contributed by atoms with E-state index in [0.717, 1.165) is 24.3 Å². The van der Waals surface area contributed by atoms with Gasteiger partial charge in [-0.1, -0.05) is 34.8 Å². The summed E-state index contributed by atoms with van der Waals surface area (Å²) in [6.45, 7) is 2.56. The lowest BCUT2D eigenvalue weighted by Crippen LogP contribution is -2.51. The molecule has 1 aromatic carbocycles. The maximum absolute atomic E-state index is 11.9. The third-order valence-corrected chi connectivity index (χ3v) is 4.20. The first-order valence-electron chi connectivity index (χ1n) is 6.63. The number of hydrogen-bond acceptors (Lipinski definition) is 2. The van der Waals surface area contributed by atoms with Crippen LogP contribution in [0.2, 0.25) is 0 Å². The smallest absolute Gasteiger partial charge is 0.274 e. The predicted molar refractivity (Wildman–Crippen MR) is 87.4 cm³/mol. The summed E-state index contributed by atoms with van der Waals surface area (Å²) in [5.41, 5.74) is 2.26. The number of fused-ring (bicyclic) bond motifs is 1. The highest BCUT2D eigenvalue weighted by Gasteiger charge is 2.36. The molecule has 0 bridgehead atoms. The van der Waals surface area contributed by atoms with Crippen molar-refractivity contribution in [3.05, 3.63) is 30.5 Å². The van der Waals surface area contributed by atoms with Crippen LogP contribution in [0.1, 0.15) is 0 Å². The fourth-order valence-electron chi connectivity index (χ4n) is 2.58. The van der Waals surface area contributed by atoms with Gasteiger partial charge in [-0.25, -0.2) is 0 Å². The lowest BCUT2D eigenvalue weighted by Gasteiger charge is -2.37. The van der Waals surface area contributed by atoms with E-state index < -0.39 is 9.70 Å². The number of amides is 1. The molecule has 4 nitrogen and oxygen atoms in total. The van der Waals surface area contributed by atoms with Crippen LogP contribution in [0.5, 0.6) is 0 Å². The number of carbonyl (C=O) groups is 1. The molecule has 112 valence electrons.